The molecular weight excluding hydrogens is 278 g/mol. The molecule has 102 valence electrons. The molecule has 20 heavy (non-hydrogen) atoms. The molecule has 2 aromatic rings. The fourth-order valence-electron chi connectivity index (χ4n) is 1.61. The molecule has 0 fully saturated rings. The van der Waals surface area contributed by atoms with E-state index in [0.717, 1.165) is 0 Å². The fourth-order valence-corrected chi connectivity index (χ4v) is 2.66. The van der Waals surface area contributed by atoms with Gasteiger partial charge in [0, 0.05) is 0 Å². The summed E-state index contributed by atoms with van der Waals surface area (Å²) in [6.07, 6.45) is 0. The molecule has 1 N–H and O–H groups in total. The Hall–Kier alpha value is -2.52. The molecule has 0 radical (unpaired) electrons. The summed E-state index contributed by atoms with van der Waals surface area (Å²) in [7, 11) is -3.82. The van der Waals surface area contributed by atoms with Crippen LogP contribution in [0.25, 0.3) is 0 Å². The maximum Gasteiger partial charge on any atom is 0.313 e. The number of nitriles is 1. The first-order chi connectivity index (χ1) is 9.48. The topological polar surface area (TPSA) is 87.4 Å². The van der Waals surface area contributed by atoms with Crippen LogP contribution in [-0.2, 0) is 15.9 Å². The van der Waals surface area contributed by atoms with Crippen LogP contribution in [0.4, 0.5) is 0 Å². The molecule has 0 spiro atoms. The third-order valence-corrected chi connectivity index (χ3v) is 3.59. The molecule has 0 amide bonds. The van der Waals surface area contributed by atoms with Crippen molar-refractivity contribution in [2.75, 3.05) is 0 Å². The summed E-state index contributed by atoms with van der Waals surface area (Å²) in [4.78, 5) is 0. The van der Waals surface area contributed by atoms with Crippen LogP contribution in [0.15, 0.2) is 48.5 Å². The molecule has 0 unspecified atom stereocenters. The van der Waals surface area contributed by atoms with Crippen LogP contribution < -0.4 is 4.18 Å². The number of aromatic hydroxyl groups is 1. The van der Waals surface area contributed by atoms with Crippen molar-refractivity contribution >= 4 is 10.1 Å². The molecule has 0 atom stereocenters. The molecular formula is C14H11NO4S. The molecule has 6 heteroatoms. The van der Waals surface area contributed by atoms with Crippen LogP contribution in [-0.4, -0.2) is 13.5 Å². The number of nitrogens with zero attached hydrogens (tertiary/aromatic N) is 1. The Bertz CT molecular complexity index is 745. The van der Waals surface area contributed by atoms with Crippen LogP contribution in [0.3, 0.4) is 0 Å². The predicted octanol–water partition coefficient (Wildman–Crippen LogP) is 2.17. The Morgan fingerprint density at radius 1 is 1.15 bits per heavy atom. The van der Waals surface area contributed by atoms with E-state index in [2.05, 4.69) is 0 Å². The molecule has 0 aromatic heterocycles. The van der Waals surface area contributed by atoms with E-state index < -0.39 is 10.1 Å². The van der Waals surface area contributed by atoms with E-state index in [9.17, 15) is 13.5 Å². The predicted molar refractivity (Wildman–Crippen MR) is 72.5 cm³/mol. The highest BCUT2D eigenvalue weighted by Gasteiger charge is 2.14. The normalized spacial score (nSPS) is 10.8. The van der Waals surface area contributed by atoms with Crippen LogP contribution in [0.5, 0.6) is 11.5 Å². The largest absolute Gasteiger partial charge is 0.508 e. The average Bonchev–Trinajstić information content (AvgIpc) is 2.38. The van der Waals surface area contributed by atoms with Crippen molar-refractivity contribution in [3.63, 3.8) is 0 Å². The minimum atomic E-state index is -3.82. The lowest BCUT2D eigenvalue weighted by atomic mass is 10.2. The van der Waals surface area contributed by atoms with Crippen LogP contribution >= 0.6 is 0 Å². The lowest BCUT2D eigenvalue weighted by molar-refractivity contribution is 0.474. The summed E-state index contributed by atoms with van der Waals surface area (Å²) in [5.74, 6) is -0.207. The molecule has 0 bridgehead atoms. The van der Waals surface area contributed by atoms with Gasteiger partial charge >= 0.3 is 10.1 Å². The number of hydrogen-bond acceptors (Lipinski definition) is 5. The summed E-state index contributed by atoms with van der Waals surface area (Å²) in [6.45, 7) is 0. The van der Waals surface area contributed by atoms with Gasteiger partial charge in [0.05, 0.1) is 11.6 Å². The van der Waals surface area contributed by atoms with Gasteiger partial charge in [0.1, 0.15) is 17.3 Å². The number of rotatable bonds is 4. The van der Waals surface area contributed by atoms with E-state index >= 15 is 0 Å². The van der Waals surface area contributed by atoms with E-state index in [4.69, 9.17) is 9.44 Å². The molecule has 5 nitrogen and oxygen atoms in total. The molecule has 2 rings (SSSR count). The van der Waals surface area contributed by atoms with Gasteiger partial charge in [-0.1, -0.05) is 12.1 Å². The SMILES string of the molecule is N#Cc1ccc(OS(=O)(=O)Cc2cccc(O)c2)cc1. The van der Waals surface area contributed by atoms with Crippen molar-refractivity contribution in [3.05, 3.63) is 59.7 Å². The highest BCUT2D eigenvalue weighted by Crippen LogP contribution is 2.18. The van der Waals surface area contributed by atoms with Gasteiger partial charge < -0.3 is 9.29 Å². The van der Waals surface area contributed by atoms with Gasteiger partial charge in [0.25, 0.3) is 0 Å². The van der Waals surface area contributed by atoms with Crippen molar-refractivity contribution in [2.24, 2.45) is 0 Å². The number of phenolic OH excluding ortho intramolecular Hbond substituents is 1. The average molecular weight is 289 g/mol. The zero-order chi connectivity index (χ0) is 14.6. The van der Waals surface area contributed by atoms with Crippen molar-refractivity contribution in [2.45, 2.75) is 5.75 Å². The van der Waals surface area contributed by atoms with Crippen molar-refractivity contribution < 1.29 is 17.7 Å². The van der Waals surface area contributed by atoms with Gasteiger partial charge in [-0.3, -0.25) is 0 Å². The maximum absolute atomic E-state index is 11.9. The second-order valence-corrected chi connectivity index (χ2v) is 5.66. The minimum Gasteiger partial charge on any atom is -0.508 e. The zero-order valence-corrected chi connectivity index (χ0v) is 11.2. The van der Waals surface area contributed by atoms with E-state index in [1.54, 1.807) is 12.1 Å². The number of benzene rings is 2. The van der Waals surface area contributed by atoms with E-state index in [-0.39, 0.29) is 17.3 Å². The first kappa shape index (κ1) is 13.9. The maximum atomic E-state index is 11.9. The fraction of sp³-hybridized carbons (Fsp3) is 0.0714. The van der Waals surface area contributed by atoms with Gasteiger partial charge in [-0.25, -0.2) is 0 Å². The van der Waals surface area contributed by atoms with E-state index in [0.29, 0.717) is 11.1 Å². The van der Waals surface area contributed by atoms with Crippen LogP contribution in [0, 0.1) is 11.3 Å². The highest BCUT2D eigenvalue weighted by molar-refractivity contribution is 7.86. The van der Waals surface area contributed by atoms with Crippen molar-refractivity contribution in [1.82, 2.24) is 0 Å². The quantitative estimate of drug-likeness (QED) is 0.871. The first-order valence-corrected chi connectivity index (χ1v) is 7.26. The number of phenols is 1. The third-order valence-electron chi connectivity index (χ3n) is 2.46. The van der Waals surface area contributed by atoms with Gasteiger partial charge in [-0.05, 0) is 42.0 Å². The van der Waals surface area contributed by atoms with Gasteiger partial charge in [0.2, 0.25) is 0 Å². The second-order valence-electron chi connectivity index (χ2n) is 4.09. The van der Waals surface area contributed by atoms with Gasteiger partial charge in [-0.15, -0.1) is 0 Å². The molecule has 0 heterocycles. The molecule has 0 aliphatic carbocycles. The van der Waals surface area contributed by atoms with Gasteiger partial charge in [0.15, 0.2) is 0 Å². The number of hydrogen-bond donors (Lipinski definition) is 1. The zero-order valence-electron chi connectivity index (χ0n) is 10.4. The highest BCUT2D eigenvalue weighted by atomic mass is 32.2. The summed E-state index contributed by atoms with van der Waals surface area (Å²) < 4.78 is 28.7. The van der Waals surface area contributed by atoms with Crippen molar-refractivity contribution in [1.29, 1.82) is 5.26 Å². The second kappa shape index (κ2) is 5.63. The summed E-state index contributed by atoms with van der Waals surface area (Å²) in [6, 6.07) is 13.7. The van der Waals surface area contributed by atoms with E-state index in [1.807, 2.05) is 6.07 Å². The lowest BCUT2D eigenvalue weighted by Gasteiger charge is -2.07. The summed E-state index contributed by atoms with van der Waals surface area (Å²) >= 11 is 0. The monoisotopic (exact) mass is 289 g/mol. The molecule has 0 aliphatic rings. The Morgan fingerprint density at radius 2 is 1.85 bits per heavy atom. The Kier molecular flexibility index (Phi) is 3.91. The first-order valence-electron chi connectivity index (χ1n) is 5.69. The Balaban J connectivity index is 2.13. The summed E-state index contributed by atoms with van der Waals surface area (Å²) in [5, 5.41) is 17.9. The molecule has 2 aromatic carbocycles. The Morgan fingerprint density at radius 3 is 2.45 bits per heavy atom. The standard InChI is InChI=1S/C14H11NO4S/c15-9-11-4-6-14(7-5-11)19-20(17,18)10-12-2-1-3-13(16)8-12/h1-8,16H,10H2. The summed E-state index contributed by atoms with van der Waals surface area (Å²) in [5.41, 5.74) is 0.848. The van der Waals surface area contributed by atoms with E-state index in [1.165, 1.54) is 36.4 Å². The van der Waals surface area contributed by atoms with Crippen LogP contribution in [0.2, 0.25) is 0 Å². The third kappa shape index (κ3) is 3.73. The van der Waals surface area contributed by atoms with Crippen molar-refractivity contribution in [3.8, 4) is 17.6 Å². The molecule has 0 saturated heterocycles. The van der Waals surface area contributed by atoms with Crippen LogP contribution in [0.1, 0.15) is 11.1 Å². The minimum absolute atomic E-state index is 0.00364. The lowest BCUT2D eigenvalue weighted by Crippen LogP contribution is -2.12. The Labute approximate surface area is 116 Å². The molecule has 0 saturated carbocycles. The smallest absolute Gasteiger partial charge is 0.313 e. The van der Waals surface area contributed by atoms with Gasteiger partial charge in [-0.2, -0.15) is 13.7 Å². The molecule has 0 aliphatic heterocycles.